The van der Waals surface area contributed by atoms with Crippen molar-refractivity contribution in [3.8, 4) is 5.69 Å². The van der Waals surface area contributed by atoms with E-state index in [0.717, 1.165) is 50.8 Å². The molecule has 1 saturated heterocycles. The predicted molar refractivity (Wildman–Crippen MR) is 106 cm³/mol. The molecule has 2 heterocycles. The van der Waals surface area contributed by atoms with Gasteiger partial charge in [-0.05, 0) is 31.3 Å². The van der Waals surface area contributed by atoms with Crippen LogP contribution in [0.3, 0.4) is 0 Å². The summed E-state index contributed by atoms with van der Waals surface area (Å²) in [5.74, 6) is 0. The van der Waals surface area contributed by atoms with Crippen molar-refractivity contribution in [2.24, 2.45) is 7.05 Å². The second-order valence-electron chi connectivity index (χ2n) is 6.43. The zero-order valence-corrected chi connectivity index (χ0v) is 16.1. The number of para-hydroxylation sites is 1. The van der Waals surface area contributed by atoms with E-state index in [2.05, 4.69) is 10.6 Å². The molecular weight excluding hydrogens is 350 g/mol. The van der Waals surface area contributed by atoms with Crippen molar-refractivity contribution >= 4 is 23.0 Å². The van der Waals surface area contributed by atoms with Crippen molar-refractivity contribution in [2.45, 2.75) is 6.92 Å². The molecule has 140 valence electrons. The first-order valence-electron chi connectivity index (χ1n) is 8.88. The Bertz CT molecular complexity index is 809. The highest BCUT2D eigenvalue weighted by Crippen LogP contribution is 2.13. The Labute approximate surface area is 158 Å². The van der Waals surface area contributed by atoms with E-state index in [0.29, 0.717) is 10.8 Å². The third-order valence-electron chi connectivity index (χ3n) is 4.76. The standard InChI is InChI=1S/C18H25N5O2S/c1-14-16(17(24)23(21(14)2)15-6-4-3-5-7-15)20-18(26)19-8-9-22-10-12-25-13-11-22/h3-7H,8-13H2,1-2H3,(H2,19,20,26)/p+1. The van der Waals surface area contributed by atoms with Crippen molar-refractivity contribution in [1.82, 2.24) is 14.7 Å². The van der Waals surface area contributed by atoms with Crippen LogP contribution >= 0.6 is 12.2 Å². The Morgan fingerprint density at radius 1 is 1.27 bits per heavy atom. The number of nitrogens with zero attached hydrogens (tertiary/aromatic N) is 2. The van der Waals surface area contributed by atoms with E-state index in [1.54, 1.807) is 4.68 Å². The number of ether oxygens (including phenoxy) is 1. The number of morpholine rings is 1. The molecule has 26 heavy (non-hydrogen) atoms. The number of thiocarbonyl (C=S) groups is 1. The van der Waals surface area contributed by atoms with E-state index in [1.807, 2.05) is 49.0 Å². The third-order valence-corrected chi connectivity index (χ3v) is 5.00. The fourth-order valence-corrected chi connectivity index (χ4v) is 3.34. The lowest BCUT2D eigenvalue weighted by molar-refractivity contribution is -0.906. The molecule has 0 amide bonds. The van der Waals surface area contributed by atoms with E-state index < -0.39 is 0 Å². The number of benzene rings is 1. The molecule has 0 saturated carbocycles. The van der Waals surface area contributed by atoms with Gasteiger partial charge in [0.25, 0.3) is 5.56 Å². The molecule has 0 aliphatic carbocycles. The monoisotopic (exact) mass is 376 g/mol. The van der Waals surface area contributed by atoms with Gasteiger partial charge >= 0.3 is 0 Å². The highest BCUT2D eigenvalue weighted by molar-refractivity contribution is 7.80. The van der Waals surface area contributed by atoms with Crippen LogP contribution < -0.4 is 21.1 Å². The lowest BCUT2D eigenvalue weighted by atomic mass is 10.3. The number of quaternary nitrogens is 1. The molecule has 0 bridgehead atoms. The molecule has 1 aliphatic heterocycles. The van der Waals surface area contributed by atoms with Crippen molar-refractivity contribution < 1.29 is 9.64 Å². The average Bonchev–Trinajstić information content (AvgIpc) is 2.87. The molecule has 1 aliphatic rings. The molecule has 0 unspecified atom stereocenters. The van der Waals surface area contributed by atoms with Crippen LogP contribution in [0.15, 0.2) is 35.1 Å². The summed E-state index contributed by atoms with van der Waals surface area (Å²) < 4.78 is 8.83. The Morgan fingerprint density at radius 3 is 2.65 bits per heavy atom. The van der Waals surface area contributed by atoms with E-state index in [-0.39, 0.29) is 5.56 Å². The van der Waals surface area contributed by atoms with E-state index in [4.69, 9.17) is 17.0 Å². The summed E-state index contributed by atoms with van der Waals surface area (Å²) in [5, 5.41) is 6.76. The molecule has 2 aromatic rings. The lowest BCUT2D eigenvalue weighted by Gasteiger charge is -2.23. The van der Waals surface area contributed by atoms with Gasteiger partial charge in [-0.2, -0.15) is 0 Å². The Kier molecular flexibility index (Phi) is 6.08. The normalized spacial score (nSPS) is 15.0. The van der Waals surface area contributed by atoms with Gasteiger partial charge in [-0.25, -0.2) is 4.68 Å². The van der Waals surface area contributed by atoms with Gasteiger partial charge < -0.3 is 20.3 Å². The summed E-state index contributed by atoms with van der Waals surface area (Å²) >= 11 is 5.38. The van der Waals surface area contributed by atoms with Crippen LogP contribution in [0, 0.1) is 6.92 Å². The van der Waals surface area contributed by atoms with Gasteiger partial charge in [0.15, 0.2) is 5.11 Å². The smallest absolute Gasteiger partial charge is 0.295 e. The second-order valence-corrected chi connectivity index (χ2v) is 6.84. The predicted octanol–water partition coefficient (Wildman–Crippen LogP) is -0.314. The van der Waals surface area contributed by atoms with Crippen molar-refractivity contribution in [3.63, 3.8) is 0 Å². The highest BCUT2D eigenvalue weighted by atomic mass is 32.1. The molecule has 1 aromatic carbocycles. The lowest BCUT2D eigenvalue weighted by Crippen LogP contribution is -3.14. The summed E-state index contributed by atoms with van der Waals surface area (Å²) in [6.07, 6.45) is 0. The van der Waals surface area contributed by atoms with E-state index in [1.165, 1.54) is 4.90 Å². The van der Waals surface area contributed by atoms with Gasteiger partial charge in [0.2, 0.25) is 0 Å². The first kappa shape index (κ1) is 18.6. The first-order chi connectivity index (χ1) is 12.6. The van der Waals surface area contributed by atoms with Crippen LogP contribution in [0.2, 0.25) is 0 Å². The van der Waals surface area contributed by atoms with Crippen LogP contribution in [0.1, 0.15) is 5.69 Å². The van der Waals surface area contributed by atoms with Gasteiger partial charge in [0.05, 0.1) is 37.7 Å². The summed E-state index contributed by atoms with van der Waals surface area (Å²) in [5.41, 5.74) is 2.06. The molecule has 0 atom stereocenters. The maximum absolute atomic E-state index is 12.8. The summed E-state index contributed by atoms with van der Waals surface area (Å²) in [6.45, 7) is 7.35. The third kappa shape index (κ3) is 4.14. The molecule has 3 rings (SSSR count). The number of aromatic nitrogens is 2. The molecule has 1 fully saturated rings. The Morgan fingerprint density at radius 2 is 1.96 bits per heavy atom. The van der Waals surface area contributed by atoms with Crippen molar-refractivity contribution in [3.05, 3.63) is 46.4 Å². The quantitative estimate of drug-likeness (QED) is 0.625. The van der Waals surface area contributed by atoms with Crippen molar-refractivity contribution in [1.29, 1.82) is 0 Å². The summed E-state index contributed by atoms with van der Waals surface area (Å²) in [7, 11) is 1.87. The molecular formula is C18H26N5O2S+. The zero-order valence-electron chi connectivity index (χ0n) is 15.2. The molecule has 7 nitrogen and oxygen atoms in total. The average molecular weight is 377 g/mol. The minimum atomic E-state index is -0.112. The molecule has 3 N–H and O–H groups in total. The number of hydrogen-bond donors (Lipinski definition) is 3. The minimum absolute atomic E-state index is 0.112. The second kappa shape index (κ2) is 8.48. The molecule has 0 spiro atoms. The maximum atomic E-state index is 12.8. The molecule has 0 radical (unpaired) electrons. The number of nitrogens with one attached hydrogen (secondary N) is 3. The zero-order chi connectivity index (χ0) is 18.5. The first-order valence-corrected chi connectivity index (χ1v) is 9.29. The molecule has 8 heteroatoms. The van der Waals surface area contributed by atoms with Crippen LogP contribution in [0.25, 0.3) is 5.69 Å². The van der Waals surface area contributed by atoms with Crippen LogP contribution in [-0.2, 0) is 11.8 Å². The van der Waals surface area contributed by atoms with Gasteiger partial charge in [0.1, 0.15) is 18.8 Å². The van der Waals surface area contributed by atoms with Gasteiger partial charge in [-0.1, -0.05) is 18.2 Å². The summed E-state index contributed by atoms with van der Waals surface area (Å²) in [4.78, 5) is 14.4. The van der Waals surface area contributed by atoms with Gasteiger partial charge in [0, 0.05) is 7.05 Å². The number of anilines is 1. The Balaban J connectivity index is 1.64. The largest absolute Gasteiger partial charge is 0.370 e. The van der Waals surface area contributed by atoms with Gasteiger partial charge in [-0.3, -0.25) is 9.48 Å². The number of rotatable bonds is 5. The maximum Gasteiger partial charge on any atom is 0.295 e. The van der Waals surface area contributed by atoms with Crippen LogP contribution in [0.4, 0.5) is 5.69 Å². The minimum Gasteiger partial charge on any atom is -0.370 e. The SMILES string of the molecule is Cc1c(NC(=S)NCC[NH+]2CCOCC2)c(=O)n(-c2ccccc2)n1C. The van der Waals surface area contributed by atoms with E-state index >= 15 is 0 Å². The van der Waals surface area contributed by atoms with Crippen LogP contribution in [0.5, 0.6) is 0 Å². The Hall–Kier alpha value is -2.16. The van der Waals surface area contributed by atoms with Crippen molar-refractivity contribution in [2.75, 3.05) is 44.7 Å². The fraction of sp³-hybridized carbons (Fsp3) is 0.444. The van der Waals surface area contributed by atoms with Crippen LogP contribution in [-0.4, -0.2) is 53.9 Å². The molecule has 1 aromatic heterocycles. The number of hydrogen-bond acceptors (Lipinski definition) is 3. The highest BCUT2D eigenvalue weighted by Gasteiger charge is 2.17. The fourth-order valence-electron chi connectivity index (χ4n) is 3.13. The van der Waals surface area contributed by atoms with Gasteiger partial charge in [-0.15, -0.1) is 0 Å². The topological polar surface area (TPSA) is 64.7 Å². The summed E-state index contributed by atoms with van der Waals surface area (Å²) in [6, 6.07) is 9.58. The van der Waals surface area contributed by atoms with E-state index in [9.17, 15) is 4.79 Å².